The maximum atomic E-state index is 13.1. The van der Waals surface area contributed by atoms with Gasteiger partial charge in [0.25, 0.3) is 0 Å². The summed E-state index contributed by atoms with van der Waals surface area (Å²) in [7, 11) is -9.92. The Kier molecular flexibility index (Phi) is 68.7. The number of aliphatic hydroxyl groups is 1. The van der Waals surface area contributed by atoms with E-state index in [0.29, 0.717) is 31.6 Å². The van der Waals surface area contributed by atoms with Gasteiger partial charge in [0.1, 0.15) is 19.3 Å². The van der Waals surface area contributed by atoms with Crippen molar-refractivity contribution in [3.05, 3.63) is 0 Å². The molecule has 0 aliphatic carbocycles. The second kappa shape index (κ2) is 70.1. The van der Waals surface area contributed by atoms with E-state index in [0.717, 1.165) is 114 Å². The van der Waals surface area contributed by atoms with E-state index in [4.69, 9.17) is 37.0 Å². The Morgan fingerprint density at radius 1 is 0.280 bits per heavy atom. The summed E-state index contributed by atoms with van der Waals surface area (Å²) in [6.45, 7) is 14.3. The second-order valence-electron chi connectivity index (χ2n) is 30.8. The van der Waals surface area contributed by atoms with E-state index in [1.165, 1.54) is 212 Å². The number of esters is 4. The predicted octanol–water partition coefficient (Wildman–Crippen LogP) is 24.0. The highest BCUT2D eigenvalue weighted by Crippen LogP contribution is 2.45. The van der Waals surface area contributed by atoms with Gasteiger partial charge in [0.05, 0.1) is 26.4 Å². The van der Waals surface area contributed by atoms with Gasteiger partial charge in [-0.3, -0.25) is 37.3 Å². The predicted molar refractivity (Wildman–Crippen MR) is 409 cm³/mol. The van der Waals surface area contributed by atoms with E-state index in [9.17, 15) is 43.2 Å². The van der Waals surface area contributed by atoms with Gasteiger partial charge < -0.3 is 33.8 Å². The van der Waals surface area contributed by atoms with Crippen molar-refractivity contribution in [2.45, 2.75) is 433 Å². The zero-order valence-corrected chi connectivity index (χ0v) is 67.6. The van der Waals surface area contributed by atoms with E-state index in [1.54, 1.807) is 0 Å². The molecule has 3 N–H and O–H groups in total. The number of aliphatic hydroxyl groups excluding tert-OH is 1. The average molecular weight is 1470 g/mol. The zero-order chi connectivity index (χ0) is 73.8. The molecular formula is C81H158O17P2. The minimum atomic E-state index is -4.96. The van der Waals surface area contributed by atoms with Gasteiger partial charge in [-0.1, -0.05) is 364 Å². The smallest absolute Gasteiger partial charge is 0.462 e. The molecule has 0 amide bonds. The first-order chi connectivity index (χ1) is 48.1. The molecule has 0 aromatic heterocycles. The molecule has 594 valence electrons. The van der Waals surface area contributed by atoms with E-state index in [-0.39, 0.29) is 25.7 Å². The lowest BCUT2D eigenvalue weighted by molar-refractivity contribution is -0.161. The topological polar surface area (TPSA) is 237 Å². The summed E-state index contributed by atoms with van der Waals surface area (Å²) < 4.78 is 68.7. The van der Waals surface area contributed by atoms with Crippen molar-refractivity contribution in [3.8, 4) is 0 Å². The van der Waals surface area contributed by atoms with Gasteiger partial charge in [-0.05, 0) is 49.4 Å². The highest BCUT2D eigenvalue weighted by Gasteiger charge is 2.30. The molecule has 0 spiro atoms. The molecular weight excluding hydrogens is 1310 g/mol. The van der Waals surface area contributed by atoms with Crippen LogP contribution in [0.5, 0.6) is 0 Å². The molecule has 0 aliphatic rings. The van der Waals surface area contributed by atoms with Crippen LogP contribution >= 0.6 is 15.6 Å². The highest BCUT2D eigenvalue weighted by atomic mass is 31.2. The number of ether oxygens (including phenoxy) is 4. The molecule has 0 saturated carbocycles. The van der Waals surface area contributed by atoms with Crippen LogP contribution in [0.25, 0.3) is 0 Å². The molecule has 0 rings (SSSR count). The first-order valence-electron chi connectivity index (χ1n) is 41.7. The molecule has 0 bridgehead atoms. The fourth-order valence-corrected chi connectivity index (χ4v) is 14.0. The maximum Gasteiger partial charge on any atom is 0.472 e. The summed E-state index contributed by atoms with van der Waals surface area (Å²) in [4.78, 5) is 73.0. The third-order valence-electron chi connectivity index (χ3n) is 19.2. The molecule has 0 radical (unpaired) electrons. The average Bonchev–Trinajstić information content (AvgIpc) is 0.929. The molecule has 0 aromatic carbocycles. The molecule has 17 nitrogen and oxygen atoms in total. The van der Waals surface area contributed by atoms with Crippen molar-refractivity contribution >= 4 is 39.5 Å². The van der Waals surface area contributed by atoms with Crippen molar-refractivity contribution < 1.29 is 80.2 Å². The van der Waals surface area contributed by atoms with Gasteiger partial charge >= 0.3 is 39.5 Å². The molecule has 0 heterocycles. The van der Waals surface area contributed by atoms with Gasteiger partial charge in [0.15, 0.2) is 12.2 Å². The number of unbranched alkanes of at least 4 members (excludes halogenated alkanes) is 43. The van der Waals surface area contributed by atoms with Crippen molar-refractivity contribution in [1.82, 2.24) is 0 Å². The van der Waals surface area contributed by atoms with Crippen LogP contribution in [0.2, 0.25) is 0 Å². The Morgan fingerprint density at radius 2 is 0.480 bits per heavy atom. The number of phosphoric acid groups is 2. The molecule has 0 aromatic rings. The normalized spacial score (nSPS) is 14.3. The van der Waals surface area contributed by atoms with Crippen LogP contribution in [0, 0.1) is 23.7 Å². The molecule has 100 heavy (non-hydrogen) atoms. The number of carbonyl (C=O) groups excluding carboxylic acids is 4. The van der Waals surface area contributed by atoms with Gasteiger partial charge in [-0.15, -0.1) is 0 Å². The third-order valence-corrected chi connectivity index (χ3v) is 21.1. The lowest BCUT2D eigenvalue weighted by Crippen LogP contribution is -2.30. The van der Waals surface area contributed by atoms with E-state index >= 15 is 0 Å². The fourth-order valence-electron chi connectivity index (χ4n) is 12.4. The Morgan fingerprint density at radius 3 is 0.710 bits per heavy atom. The maximum absolute atomic E-state index is 13.1. The largest absolute Gasteiger partial charge is 0.472 e. The first-order valence-corrected chi connectivity index (χ1v) is 44.7. The first kappa shape index (κ1) is 98.1. The van der Waals surface area contributed by atoms with E-state index in [2.05, 4.69) is 55.4 Å². The number of hydrogen-bond acceptors (Lipinski definition) is 15. The number of hydrogen-bond donors (Lipinski definition) is 3. The molecule has 0 fully saturated rings. The van der Waals surface area contributed by atoms with E-state index < -0.39 is 97.5 Å². The standard InChI is InChI=1S/C81H158O17P2/c1-9-74(8)60-52-44-36-28-21-16-14-12-10-11-13-15-17-23-30-38-47-55-63-80(85)97-76(67-91-78(83)61-53-45-37-29-22-19-18-20-26-33-41-49-57-71(2)3)69-95-99(87,88)93-65-75(82)66-94-100(89,90)96-70-77(68-92-79(84)62-54-46-40-32-35-43-51-59-73(6)7)98-81(86)64-56-48-39-31-25-24-27-34-42-50-58-72(4)5/h71-77,82H,9-70H2,1-8H3,(H,87,88)(H,89,90)/t74?,75?,76-,77-/m1/s1. The number of phosphoric ester groups is 2. The summed E-state index contributed by atoms with van der Waals surface area (Å²) in [6.07, 6.45) is 57.0. The van der Waals surface area contributed by atoms with Gasteiger partial charge in [-0.2, -0.15) is 0 Å². The summed E-state index contributed by atoms with van der Waals surface area (Å²) in [5, 5.41) is 10.6. The Bertz CT molecular complexity index is 1960. The molecule has 0 saturated heterocycles. The van der Waals surface area contributed by atoms with Crippen molar-refractivity contribution in [2.24, 2.45) is 23.7 Å². The molecule has 4 unspecified atom stereocenters. The van der Waals surface area contributed by atoms with Crippen LogP contribution < -0.4 is 0 Å². The Labute approximate surface area is 613 Å². The summed E-state index contributed by atoms with van der Waals surface area (Å²) in [5.74, 6) is 0.994. The van der Waals surface area contributed by atoms with Crippen LogP contribution in [0.1, 0.15) is 415 Å². The lowest BCUT2D eigenvalue weighted by Gasteiger charge is -2.21. The van der Waals surface area contributed by atoms with E-state index in [1.807, 2.05) is 0 Å². The van der Waals surface area contributed by atoms with Crippen LogP contribution in [0.15, 0.2) is 0 Å². The van der Waals surface area contributed by atoms with Gasteiger partial charge in [-0.25, -0.2) is 9.13 Å². The SMILES string of the molecule is CCC(C)CCCCCCCCCCCCCCCCCCCCC(=O)O[C@H](COC(=O)CCCCCCCCCCCCCCC(C)C)COP(=O)(O)OCC(O)COP(=O)(O)OC[C@@H](COC(=O)CCCCCCCCCC(C)C)OC(=O)CCCCCCCCCCCCC(C)C. The Hall–Kier alpha value is -1.94. The van der Waals surface area contributed by atoms with Crippen LogP contribution in [-0.2, 0) is 65.4 Å². The fraction of sp³-hybridized carbons (Fsp3) is 0.951. The number of rotatable bonds is 78. The van der Waals surface area contributed by atoms with Crippen molar-refractivity contribution in [3.63, 3.8) is 0 Å². The second-order valence-corrected chi connectivity index (χ2v) is 33.7. The quantitative estimate of drug-likeness (QED) is 0.0222. The summed E-state index contributed by atoms with van der Waals surface area (Å²) in [5.41, 5.74) is 0. The van der Waals surface area contributed by atoms with Crippen molar-refractivity contribution in [2.75, 3.05) is 39.6 Å². The minimum Gasteiger partial charge on any atom is -0.462 e. The van der Waals surface area contributed by atoms with Crippen molar-refractivity contribution in [1.29, 1.82) is 0 Å². The molecule has 19 heteroatoms. The minimum absolute atomic E-state index is 0.105. The summed E-state index contributed by atoms with van der Waals surface area (Å²) in [6, 6.07) is 0. The highest BCUT2D eigenvalue weighted by molar-refractivity contribution is 7.47. The number of carbonyl (C=O) groups is 4. The Balaban J connectivity index is 5.22. The van der Waals surface area contributed by atoms with Gasteiger partial charge in [0.2, 0.25) is 0 Å². The van der Waals surface area contributed by atoms with Crippen LogP contribution in [-0.4, -0.2) is 96.7 Å². The zero-order valence-electron chi connectivity index (χ0n) is 65.8. The van der Waals surface area contributed by atoms with Gasteiger partial charge in [0, 0.05) is 25.7 Å². The lowest BCUT2D eigenvalue weighted by atomic mass is 9.99. The molecule has 0 aliphatic heterocycles. The van der Waals surface area contributed by atoms with Crippen LogP contribution in [0.4, 0.5) is 0 Å². The van der Waals surface area contributed by atoms with Crippen LogP contribution in [0.3, 0.4) is 0 Å². The monoisotopic (exact) mass is 1470 g/mol. The molecule has 6 atom stereocenters. The third kappa shape index (κ3) is 73.0. The summed E-state index contributed by atoms with van der Waals surface area (Å²) >= 11 is 0.